The third-order valence-corrected chi connectivity index (χ3v) is 5.81. The van der Waals surface area contributed by atoms with Gasteiger partial charge in [-0.1, -0.05) is 13.8 Å². The van der Waals surface area contributed by atoms with E-state index in [0.29, 0.717) is 11.5 Å². The molecule has 0 aliphatic carbocycles. The molecule has 140 valence electrons. The third kappa shape index (κ3) is 4.09. The van der Waals surface area contributed by atoms with E-state index in [1.54, 1.807) is 32.9 Å². The summed E-state index contributed by atoms with van der Waals surface area (Å²) in [5, 5.41) is 15.2. The maximum absolute atomic E-state index is 12.9. The minimum Gasteiger partial charge on any atom is -0.463 e. The molecule has 0 aliphatic rings. The smallest absolute Gasteiger partial charge is 0.270 e. The molecule has 0 bridgehead atoms. The Labute approximate surface area is 151 Å². The maximum Gasteiger partial charge on any atom is 0.270 e. The molecule has 0 atom stereocenters. The van der Waals surface area contributed by atoms with Gasteiger partial charge in [-0.15, -0.1) is 0 Å². The SMILES string of the molecule is CCN(CC)S(=O)(=O)c1cc([N+](=O)[O-])ccc1N/N=C(/C)c1ccco1. The lowest BCUT2D eigenvalue weighted by Crippen LogP contribution is -2.31. The number of non-ortho nitro benzene ring substituents is 1. The molecule has 0 aliphatic heterocycles. The van der Waals surface area contributed by atoms with E-state index in [1.807, 2.05) is 0 Å². The van der Waals surface area contributed by atoms with Crippen molar-refractivity contribution in [1.82, 2.24) is 4.31 Å². The molecule has 9 nitrogen and oxygen atoms in total. The summed E-state index contributed by atoms with van der Waals surface area (Å²) in [5.41, 5.74) is 3.01. The number of nitrogens with one attached hydrogen (secondary N) is 1. The molecule has 26 heavy (non-hydrogen) atoms. The number of nitro groups is 1. The first-order valence-electron chi connectivity index (χ1n) is 7.94. The van der Waals surface area contributed by atoms with Gasteiger partial charge in [0, 0.05) is 25.2 Å². The van der Waals surface area contributed by atoms with Crippen molar-refractivity contribution in [2.24, 2.45) is 5.10 Å². The first-order valence-corrected chi connectivity index (χ1v) is 9.38. The number of hydrogen-bond acceptors (Lipinski definition) is 7. The topological polar surface area (TPSA) is 118 Å². The number of sulfonamides is 1. The van der Waals surface area contributed by atoms with Crippen molar-refractivity contribution < 1.29 is 17.8 Å². The standard InChI is InChI=1S/C16H20N4O5S/c1-4-19(5-2)26(23,24)16-11-13(20(21)22)8-9-14(16)18-17-12(3)15-7-6-10-25-15/h6-11,18H,4-5H2,1-3H3/b17-12-. The van der Waals surface area contributed by atoms with Crippen molar-refractivity contribution in [2.45, 2.75) is 25.7 Å². The zero-order chi connectivity index (χ0) is 19.3. The maximum atomic E-state index is 12.9. The monoisotopic (exact) mass is 380 g/mol. The second kappa shape index (κ2) is 8.11. The fourth-order valence-corrected chi connectivity index (χ4v) is 3.94. The molecule has 0 spiro atoms. The molecular formula is C16H20N4O5S. The molecule has 0 saturated heterocycles. The van der Waals surface area contributed by atoms with Crippen LogP contribution in [-0.4, -0.2) is 36.4 Å². The van der Waals surface area contributed by atoms with E-state index >= 15 is 0 Å². The molecule has 10 heteroatoms. The summed E-state index contributed by atoms with van der Waals surface area (Å²) >= 11 is 0. The van der Waals surface area contributed by atoms with Crippen molar-refractivity contribution in [3.63, 3.8) is 0 Å². The van der Waals surface area contributed by atoms with E-state index in [9.17, 15) is 18.5 Å². The first kappa shape index (κ1) is 19.6. The molecule has 0 fully saturated rings. The van der Waals surface area contributed by atoms with Crippen molar-refractivity contribution in [3.8, 4) is 0 Å². The molecule has 2 rings (SSSR count). The molecule has 1 aromatic heterocycles. The van der Waals surface area contributed by atoms with Crippen LogP contribution in [0.2, 0.25) is 0 Å². The van der Waals surface area contributed by atoms with Gasteiger partial charge in [-0.25, -0.2) is 8.42 Å². The Balaban J connectivity index is 2.49. The minimum absolute atomic E-state index is 0.147. The van der Waals surface area contributed by atoms with Crippen molar-refractivity contribution in [1.29, 1.82) is 0 Å². The van der Waals surface area contributed by atoms with Gasteiger partial charge in [-0.2, -0.15) is 9.41 Å². The van der Waals surface area contributed by atoms with Crippen LogP contribution in [0.4, 0.5) is 11.4 Å². The van der Waals surface area contributed by atoms with Crippen molar-refractivity contribution in [3.05, 3.63) is 52.5 Å². The van der Waals surface area contributed by atoms with Crippen LogP contribution < -0.4 is 5.43 Å². The van der Waals surface area contributed by atoms with Gasteiger partial charge < -0.3 is 4.42 Å². The Morgan fingerprint density at radius 3 is 2.54 bits per heavy atom. The molecule has 1 N–H and O–H groups in total. The van der Waals surface area contributed by atoms with Crippen molar-refractivity contribution in [2.75, 3.05) is 18.5 Å². The average molecular weight is 380 g/mol. The van der Waals surface area contributed by atoms with Gasteiger partial charge in [-0.3, -0.25) is 15.5 Å². The molecule has 1 heterocycles. The number of rotatable bonds is 8. The van der Waals surface area contributed by atoms with E-state index in [2.05, 4.69) is 10.5 Å². The number of hydrogen-bond donors (Lipinski definition) is 1. The third-order valence-electron chi connectivity index (χ3n) is 3.72. The van der Waals surface area contributed by atoms with Gasteiger partial charge in [0.2, 0.25) is 10.0 Å². The summed E-state index contributed by atoms with van der Waals surface area (Å²) in [4.78, 5) is 10.2. The van der Waals surface area contributed by atoms with Crippen LogP contribution in [0.5, 0.6) is 0 Å². The lowest BCUT2D eigenvalue weighted by atomic mass is 10.3. The Morgan fingerprint density at radius 1 is 1.31 bits per heavy atom. The predicted molar refractivity (Wildman–Crippen MR) is 97.7 cm³/mol. The summed E-state index contributed by atoms with van der Waals surface area (Å²) in [6.45, 7) is 5.58. The molecule has 0 amide bonds. The van der Waals surface area contributed by atoms with Gasteiger partial charge in [0.25, 0.3) is 5.69 Å². The lowest BCUT2D eigenvalue weighted by Gasteiger charge is -2.20. The van der Waals surface area contributed by atoms with Crippen LogP contribution in [0.15, 0.2) is 51.0 Å². The summed E-state index contributed by atoms with van der Waals surface area (Å²) in [5.74, 6) is 0.521. The van der Waals surface area contributed by atoms with Gasteiger partial charge >= 0.3 is 0 Å². The number of nitrogens with zero attached hydrogens (tertiary/aromatic N) is 3. The predicted octanol–water partition coefficient (Wildman–Crippen LogP) is 3.05. The van der Waals surface area contributed by atoms with Gasteiger partial charge in [-0.05, 0) is 25.1 Å². The molecule has 1 aromatic carbocycles. The van der Waals surface area contributed by atoms with Crippen LogP contribution in [0.3, 0.4) is 0 Å². The largest absolute Gasteiger partial charge is 0.463 e. The van der Waals surface area contributed by atoms with Gasteiger partial charge in [0.1, 0.15) is 16.4 Å². The number of benzene rings is 1. The highest BCUT2D eigenvalue weighted by Gasteiger charge is 2.27. The Bertz CT molecular complexity index is 903. The lowest BCUT2D eigenvalue weighted by molar-refractivity contribution is -0.385. The van der Waals surface area contributed by atoms with Crippen LogP contribution >= 0.6 is 0 Å². The highest BCUT2D eigenvalue weighted by molar-refractivity contribution is 7.89. The molecule has 0 unspecified atom stereocenters. The van der Waals surface area contributed by atoms with Crippen LogP contribution in [0.25, 0.3) is 0 Å². The van der Waals surface area contributed by atoms with Gasteiger partial charge in [0.15, 0.2) is 0 Å². The van der Waals surface area contributed by atoms with Crippen LogP contribution in [-0.2, 0) is 10.0 Å². The quantitative estimate of drug-likeness (QED) is 0.427. The number of hydrazone groups is 1. The number of nitro benzene ring substituents is 1. The summed E-state index contributed by atoms with van der Waals surface area (Å²) < 4.78 is 32.2. The van der Waals surface area contributed by atoms with Gasteiger partial charge in [0.05, 0.1) is 16.9 Å². The molecule has 0 radical (unpaired) electrons. The van der Waals surface area contributed by atoms with E-state index < -0.39 is 14.9 Å². The fraction of sp³-hybridized carbons (Fsp3) is 0.312. The molecule has 2 aromatic rings. The Kier molecular flexibility index (Phi) is 6.11. The van der Waals surface area contributed by atoms with E-state index in [4.69, 9.17) is 4.42 Å². The van der Waals surface area contributed by atoms with E-state index in [0.717, 1.165) is 6.07 Å². The normalized spacial score (nSPS) is 12.4. The Hall–Kier alpha value is -2.72. The van der Waals surface area contributed by atoms with Crippen LogP contribution in [0, 0.1) is 10.1 Å². The summed E-state index contributed by atoms with van der Waals surface area (Å²) in [6.07, 6.45) is 1.50. The number of furan rings is 1. The van der Waals surface area contributed by atoms with Crippen molar-refractivity contribution >= 4 is 27.1 Å². The zero-order valence-corrected chi connectivity index (χ0v) is 15.5. The Morgan fingerprint density at radius 2 is 2.00 bits per heavy atom. The highest BCUT2D eigenvalue weighted by atomic mass is 32.2. The summed E-state index contributed by atoms with van der Waals surface area (Å²) in [6, 6.07) is 7.00. The number of anilines is 1. The average Bonchev–Trinajstić information content (AvgIpc) is 3.15. The summed E-state index contributed by atoms with van der Waals surface area (Å²) in [7, 11) is -3.92. The van der Waals surface area contributed by atoms with Crippen LogP contribution in [0.1, 0.15) is 26.5 Å². The van der Waals surface area contributed by atoms with E-state index in [-0.39, 0.29) is 29.4 Å². The molecular weight excluding hydrogens is 360 g/mol. The first-order chi connectivity index (χ1) is 12.3. The molecule has 0 saturated carbocycles. The zero-order valence-electron chi connectivity index (χ0n) is 14.7. The second-order valence-corrected chi connectivity index (χ2v) is 7.22. The fourth-order valence-electron chi connectivity index (χ4n) is 2.32. The highest BCUT2D eigenvalue weighted by Crippen LogP contribution is 2.29. The van der Waals surface area contributed by atoms with E-state index in [1.165, 1.54) is 22.7 Å². The minimum atomic E-state index is -3.92. The second-order valence-electron chi connectivity index (χ2n) is 5.31.